The molecule has 298 valence electrons. The highest BCUT2D eigenvalue weighted by atomic mass is 35.5. The quantitative estimate of drug-likeness (QED) is 0.139. The maximum absolute atomic E-state index is 14.8. The minimum absolute atomic E-state index is 0.0203. The van der Waals surface area contributed by atoms with E-state index in [1.807, 2.05) is 75.4 Å². The molecule has 2 saturated heterocycles. The molecule has 13 nitrogen and oxygen atoms in total. The molecule has 0 bridgehead atoms. The van der Waals surface area contributed by atoms with Crippen LogP contribution in [0.1, 0.15) is 52.9 Å². The van der Waals surface area contributed by atoms with Gasteiger partial charge in [0.05, 0.1) is 36.2 Å². The summed E-state index contributed by atoms with van der Waals surface area (Å²) < 4.78 is 35.6. The van der Waals surface area contributed by atoms with Crippen LogP contribution < -0.4 is 14.8 Å². The van der Waals surface area contributed by atoms with Crippen LogP contribution in [0, 0.1) is 17.3 Å². The second-order valence-electron chi connectivity index (χ2n) is 16.4. The number of nitrogens with one attached hydrogen (secondary N) is 1. The average Bonchev–Trinajstić information content (AvgIpc) is 4.08. The van der Waals surface area contributed by atoms with E-state index in [-0.39, 0.29) is 43.0 Å². The highest BCUT2D eigenvalue weighted by Crippen LogP contribution is 2.48. The smallest absolute Gasteiger partial charge is 0.264 e. The van der Waals surface area contributed by atoms with Crippen LogP contribution in [0.5, 0.6) is 11.5 Å². The fourth-order valence-electron chi connectivity index (χ4n) is 7.80. The molecule has 3 heterocycles. The molecule has 15 heteroatoms. The molecule has 4 amide bonds. The standard InChI is InChI=1S/C41H48ClN5O8S/c1-6-25-20-41(25,39(51)47(56(52)53)27-12-13-27)44-37(49)34-17-29(23-46(34)38(50)31(40(2,3)4)18-36(48)45-21-26(42)22-45)55-35-19-32(24-10-8-7-9-11-24)43-33-16-28(54-5)14-15-30(33)35/h6-11,14-16,19,25-27,29,31,34H,1,12-13,17-18,20-23H2,2-5H3,(H,44,49)(H,52,53)/t25?,29-,31-,34+,41-/m1/s1. The number of pyridine rings is 1. The van der Waals surface area contributed by atoms with Gasteiger partial charge >= 0.3 is 0 Å². The summed E-state index contributed by atoms with van der Waals surface area (Å²) in [5, 5.41) is 3.50. The lowest BCUT2D eigenvalue weighted by Gasteiger charge is -2.39. The van der Waals surface area contributed by atoms with Crippen molar-refractivity contribution in [2.75, 3.05) is 26.7 Å². The molecule has 56 heavy (non-hydrogen) atoms. The number of amides is 4. The highest BCUT2D eigenvalue weighted by molar-refractivity contribution is 7.77. The number of likely N-dealkylation sites (tertiary alicyclic amines) is 2. The van der Waals surface area contributed by atoms with Crippen molar-refractivity contribution >= 4 is 57.4 Å². The Hall–Kier alpha value is -4.53. The Morgan fingerprint density at radius 2 is 1.84 bits per heavy atom. The first-order valence-electron chi connectivity index (χ1n) is 19.0. The Labute approximate surface area is 334 Å². The number of nitrogens with zero attached hydrogens (tertiary/aromatic N) is 4. The van der Waals surface area contributed by atoms with E-state index in [1.165, 1.54) is 4.90 Å². The summed E-state index contributed by atoms with van der Waals surface area (Å²) in [4.78, 5) is 64.7. The number of aromatic nitrogens is 1. The molecular weight excluding hydrogens is 758 g/mol. The predicted molar refractivity (Wildman–Crippen MR) is 212 cm³/mol. The third kappa shape index (κ3) is 7.88. The van der Waals surface area contributed by atoms with Crippen LogP contribution in [0.25, 0.3) is 22.2 Å². The van der Waals surface area contributed by atoms with Crippen LogP contribution >= 0.6 is 11.6 Å². The Balaban J connectivity index is 1.22. The Bertz CT molecular complexity index is 2070. The number of benzene rings is 2. The molecule has 2 saturated carbocycles. The Kier molecular flexibility index (Phi) is 10.9. The van der Waals surface area contributed by atoms with Gasteiger partial charge in [0.25, 0.3) is 17.2 Å². The molecule has 3 aromatic rings. The molecule has 7 rings (SSSR count). The van der Waals surface area contributed by atoms with Crippen molar-refractivity contribution in [2.24, 2.45) is 17.3 Å². The zero-order valence-corrected chi connectivity index (χ0v) is 33.6. The van der Waals surface area contributed by atoms with Crippen molar-refractivity contribution in [3.8, 4) is 22.8 Å². The number of ether oxygens (including phenoxy) is 2. The summed E-state index contributed by atoms with van der Waals surface area (Å²) in [7, 11) is 1.58. The lowest BCUT2D eigenvalue weighted by Crippen LogP contribution is -2.58. The van der Waals surface area contributed by atoms with E-state index in [1.54, 1.807) is 18.1 Å². The van der Waals surface area contributed by atoms with Gasteiger partial charge in [-0.2, -0.15) is 0 Å². The number of halogens is 1. The zero-order chi connectivity index (χ0) is 40.1. The molecule has 2 aliphatic carbocycles. The van der Waals surface area contributed by atoms with E-state index in [4.69, 9.17) is 26.1 Å². The van der Waals surface area contributed by atoms with Gasteiger partial charge in [-0.25, -0.2) is 13.5 Å². The first-order valence-corrected chi connectivity index (χ1v) is 20.5. The van der Waals surface area contributed by atoms with Crippen LogP contribution in [0.15, 0.2) is 67.3 Å². The largest absolute Gasteiger partial charge is 0.497 e. The molecule has 2 aromatic carbocycles. The molecule has 2 N–H and O–H groups in total. The summed E-state index contributed by atoms with van der Waals surface area (Å²) in [6.45, 7) is 10.3. The fraction of sp³-hybridized carbons (Fsp3) is 0.488. The highest BCUT2D eigenvalue weighted by Gasteiger charge is 2.64. The normalized spacial score (nSPS) is 24.5. The number of carbonyl (C=O) groups excluding carboxylic acids is 4. The minimum atomic E-state index is -2.58. The van der Waals surface area contributed by atoms with Gasteiger partial charge < -0.3 is 24.6 Å². The first kappa shape index (κ1) is 39.7. The van der Waals surface area contributed by atoms with Gasteiger partial charge in [0, 0.05) is 61.0 Å². The number of alkyl halides is 1. The second-order valence-corrected chi connectivity index (χ2v) is 17.8. The van der Waals surface area contributed by atoms with E-state index < -0.39 is 64.1 Å². The monoisotopic (exact) mass is 805 g/mol. The molecular formula is C41H48ClN5O8S. The number of rotatable bonds is 13. The number of fused-ring (bicyclic) bond motifs is 1. The first-order chi connectivity index (χ1) is 26.6. The molecule has 1 aromatic heterocycles. The van der Waals surface area contributed by atoms with Gasteiger partial charge in [-0.05, 0) is 36.8 Å². The van der Waals surface area contributed by atoms with E-state index in [9.17, 15) is 27.9 Å². The Morgan fingerprint density at radius 3 is 2.43 bits per heavy atom. The number of hydrogen-bond acceptors (Lipinski definition) is 8. The molecule has 2 unspecified atom stereocenters. The summed E-state index contributed by atoms with van der Waals surface area (Å²) in [5.41, 5.74) is 0.00403. The maximum Gasteiger partial charge on any atom is 0.264 e. The fourth-order valence-corrected chi connectivity index (χ4v) is 8.90. The number of hydrogen-bond donors (Lipinski definition) is 2. The predicted octanol–water partition coefficient (Wildman–Crippen LogP) is 4.95. The van der Waals surface area contributed by atoms with Crippen LogP contribution in [0.4, 0.5) is 0 Å². The van der Waals surface area contributed by atoms with Crippen molar-refractivity contribution in [3.05, 3.63) is 67.3 Å². The van der Waals surface area contributed by atoms with Gasteiger partial charge in [-0.15, -0.1) is 18.2 Å². The van der Waals surface area contributed by atoms with Gasteiger partial charge in [-0.1, -0.05) is 57.2 Å². The lowest BCUT2D eigenvalue weighted by molar-refractivity contribution is -0.149. The van der Waals surface area contributed by atoms with Crippen molar-refractivity contribution in [1.29, 1.82) is 0 Å². The van der Waals surface area contributed by atoms with Crippen molar-refractivity contribution in [1.82, 2.24) is 24.4 Å². The van der Waals surface area contributed by atoms with Crippen molar-refractivity contribution in [2.45, 2.75) is 82.0 Å². The van der Waals surface area contributed by atoms with Crippen molar-refractivity contribution < 1.29 is 37.4 Å². The van der Waals surface area contributed by atoms with Gasteiger partial charge in [-0.3, -0.25) is 23.7 Å². The Morgan fingerprint density at radius 1 is 1.12 bits per heavy atom. The minimum Gasteiger partial charge on any atom is -0.497 e. The van der Waals surface area contributed by atoms with Crippen LogP contribution in [-0.4, -0.2) is 107 Å². The van der Waals surface area contributed by atoms with Crippen LogP contribution in [-0.2, 0) is 30.4 Å². The van der Waals surface area contributed by atoms with Crippen LogP contribution in [0.3, 0.4) is 0 Å². The molecule has 2 aliphatic heterocycles. The topological polar surface area (TPSA) is 159 Å². The maximum atomic E-state index is 14.8. The molecule has 0 spiro atoms. The third-order valence-electron chi connectivity index (χ3n) is 11.4. The van der Waals surface area contributed by atoms with E-state index in [0.717, 1.165) is 9.87 Å². The average molecular weight is 806 g/mol. The molecule has 0 radical (unpaired) electrons. The van der Waals surface area contributed by atoms with Gasteiger partial charge in [0.2, 0.25) is 17.7 Å². The summed E-state index contributed by atoms with van der Waals surface area (Å²) in [6, 6.07) is 15.5. The summed E-state index contributed by atoms with van der Waals surface area (Å²) >= 11 is 3.59. The van der Waals surface area contributed by atoms with Gasteiger partial charge in [0.15, 0.2) is 0 Å². The molecule has 4 aliphatic rings. The SMILES string of the molecule is C=CC1C[C@]1(NC(=O)[C@@H]1C[C@@H](Oc2cc(-c3ccccc3)nc3cc(OC)ccc23)CN1C(=O)[C@@H](CC(=O)N1CC(Cl)C1)C(C)(C)C)C(=O)N(C1CC1)S(=O)O. The third-order valence-corrected chi connectivity index (χ3v) is 12.5. The number of carbonyl (C=O) groups is 4. The summed E-state index contributed by atoms with van der Waals surface area (Å²) in [6.07, 6.45) is 2.26. The van der Waals surface area contributed by atoms with E-state index in [2.05, 4.69) is 11.9 Å². The van der Waals surface area contributed by atoms with E-state index in [0.29, 0.717) is 54.0 Å². The zero-order valence-electron chi connectivity index (χ0n) is 32.0. The summed E-state index contributed by atoms with van der Waals surface area (Å²) in [5.74, 6) is -1.98. The molecule has 4 fully saturated rings. The van der Waals surface area contributed by atoms with E-state index >= 15 is 0 Å². The second kappa shape index (κ2) is 15.4. The molecule has 6 atom stereocenters. The lowest BCUT2D eigenvalue weighted by atomic mass is 9.77. The van der Waals surface area contributed by atoms with Gasteiger partial charge in [0.1, 0.15) is 29.2 Å². The van der Waals surface area contributed by atoms with Crippen LogP contribution in [0.2, 0.25) is 0 Å². The number of methoxy groups -OCH3 is 1. The van der Waals surface area contributed by atoms with Crippen molar-refractivity contribution in [3.63, 3.8) is 0 Å².